The van der Waals surface area contributed by atoms with Crippen LogP contribution in [-0.2, 0) is 24.0 Å². The molecule has 0 radical (unpaired) electrons. The number of phenolic OH excluding ortho intramolecular Hbond substituents is 1. The van der Waals surface area contributed by atoms with E-state index in [1.54, 1.807) is 12.1 Å². The van der Waals surface area contributed by atoms with Crippen molar-refractivity contribution in [2.45, 2.75) is 31.6 Å². The average molecular weight is 619 g/mol. The molecular weight excluding hydrogens is 598 g/mol. The molecule has 1 aromatic carbocycles. The number of hydrogen-bond donors (Lipinski definition) is 2. The van der Waals surface area contributed by atoms with Gasteiger partial charge in [0.1, 0.15) is 5.75 Å². The Morgan fingerprint density at radius 3 is 2.56 bits per heavy atom. The molecule has 2 amide bonds. The Kier molecular flexibility index (Phi) is 6.36. The molecule has 1 aromatic rings. The number of ketones is 2. The summed E-state index contributed by atoms with van der Waals surface area (Å²) in [5.41, 5.74) is 1.75. The number of carbonyl (C=O) groups excluding carboxylic acids is 4. The van der Waals surface area contributed by atoms with E-state index in [9.17, 15) is 29.1 Å². The molecule has 1 heterocycles. The van der Waals surface area contributed by atoms with Crippen molar-refractivity contribution in [3.05, 3.63) is 61.6 Å². The monoisotopic (exact) mass is 617 g/mol. The second kappa shape index (κ2) is 9.23. The predicted molar refractivity (Wildman–Crippen MR) is 134 cm³/mol. The van der Waals surface area contributed by atoms with Gasteiger partial charge in [0.25, 0.3) is 0 Å². The summed E-state index contributed by atoms with van der Waals surface area (Å²) in [5, 5.41) is 19.7. The van der Waals surface area contributed by atoms with Gasteiger partial charge in [-0.05, 0) is 59.3 Å². The van der Waals surface area contributed by atoms with Crippen molar-refractivity contribution in [2.24, 2.45) is 17.8 Å². The number of likely N-dealkylation sites (tertiary alicyclic amines) is 1. The molecule has 1 fully saturated rings. The Bertz CT molecular complexity index is 1340. The summed E-state index contributed by atoms with van der Waals surface area (Å²) in [6.45, 7) is 0.0223. The van der Waals surface area contributed by atoms with Crippen molar-refractivity contribution >= 4 is 61.2 Å². The van der Waals surface area contributed by atoms with Crippen LogP contribution in [0.25, 0.3) is 0 Å². The Morgan fingerprint density at radius 1 is 1.08 bits per heavy atom. The van der Waals surface area contributed by atoms with Crippen molar-refractivity contribution in [1.29, 1.82) is 0 Å². The molecule has 10 heteroatoms. The number of aromatic hydroxyl groups is 1. The van der Waals surface area contributed by atoms with E-state index in [4.69, 9.17) is 5.11 Å². The smallest absolute Gasteiger partial charge is 0.303 e. The fourth-order valence-corrected chi connectivity index (χ4v) is 6.82. The summed E-state index contributed by atoms with van der Waals surface area (Å²) in [6.07, 6.45) is 3.53. The Hall–Kier alpha value is -2.85. The standard InChI is InChI=1S/C26H21Br2NO7/c27-11-3-6-18(30)15(8-11)21-12-4-5-13-22(26(36)29(25(13)35)7-1-2-20(32)33)14(12)9-16-23(21)19(31)10-17(28)24(16)34/h3-4,6,8,10,13-14,21-22,30H,1-2,5,7,9H2,(H,32,33)/t13-,14+,21+,22-/m0/s1. The second-order valence-electron chi connectivity index (χ2n) is 9.42. The van der Waals surface area contributed by atoms with E-state index < -0.39 is 29.6 Å². The SMILES string of the molecule is O=C(O)CCCN1C(=O)[C@H]2[C@H](CC=C3[C@H](c4cc(Br)ccc4O)C4=C(C[C@H]32)C(=O)C(Br)=CC4=O)C1=O. The van der Waals surface area contributed by atoms with E-state index in [0.717, 1.165) is 10.5 Å². The van der Waals surface area contributed by atoms with Gasteiger partial charge in [-0.15, -0.1) is 0 Å². The van der Waals surface area contributed by atoms with Crippen LogP contribution in [0.3, 0.4) is 0 Å². The van der Waals surface area contributed by atoms with Crippen LogP contribution in [0.4, 0.5) is 0 Å². The van der Waals surface area contributed by atoms with Gasteiger partial charge in [0.15, 0.2) is 11.6 Å². The Morgan fingerprint density at radius 2 is 1.83 bits per heavy atom. The highest BCUT2D eigenvalue weighted by atomic mass is 79.9. The zero-order chi connectivity index (χ0) is 25.9. The molecule has 5 rings (SSSR count). The van der Waals surface area contributed by atoms with Gasteiger partial charge in [0.2, 0.25) is 11.8 Å². The molecule has 0 unspecified atom stereocenters. The minimum absolute atomic E-state index is 0.0223. The summed E-state index contributed by atoms with van der Waals surface area (Å²) >= 11 is 6.60. The molecular formula is C26H21Br2NO7. The number of carboxylic acid groups (broad SMARTS) is 1. The molecule has 8 nitrogen and oxygen atoms in total. The summed E-state index contributed by atoms with van der Waals surface area (Å²) in [6, 6.07) is 4.87. The maximum Gasteiger partial charge on any atom is 0.303 e. The van der Waals surface area contributed by atoms with Crippen LogP contribution in [0.15, 0.2) is 56.0 Å². The normalized spacial score (nSPS) is 27.4. The molecule has 0 aromatic heterocycles. The molecule has 1 saturated heterocycles. The Labute approximate surface area is 223 Å². The number of aliphatic carboxylic acids is 1. The lowest BCUT2D eigenvalue weighted by atomic mass is 9.59. The number of hydrogen-bond acceptors (Lipinski definition) is 6. The van der Waals surface area contributed by atoms with Crippen molar-refractivity contribution < 1.29 is 34.2 Å². The van der Waals surface area contributed by atoms with Crippen molar-refractivity contribution in [1.82, 2.24) is 4.90 Å². The number of halogens is 2. The molecule has 4 aliphatic rings. The number of nitrogens with zero attached hydrogens (tertiary/aromatic N) is 1. The van der Waals surface area contributed by atoms with Crippen LogP contribution in [0.2, 0.25) is 0 Å². The lowest BCUT2D eigenvalue weighted by molar-refractivity contribution is -0.142. The number of carboxylic acids is 1. The van der Waals surface area contributed by atoms with E-state index in [-0.39, 0.29) is 77.0 Å². The number of rotatable bonds is 5. The number of Topliss-reactive ketones (excluding diaryl/α,β-unsaturated/α-hetero) is 1. The lowest BCUT2D eigenvalue weighted by Gasteiger charge is -2.42. The molecule has 1 aliphatic heterocycles. The third-order valence-corrected chi connectivity index (χ3v) is 8.58. The van der Waals surface area contributed by atoms with Gasteiger partial charge < -0.3 is 10.2 Å². The van der Waals surface area contributed by atoms with Gasteiger partial charge in [0.05, 0.1) is 16.3 Å². The zero-order valence-corrected chi connectivity index (χ0v) is 22.0. The van der Waals surface area contributed by atoms with Gasteiger partial charge in [-0.3, -0.25) is 28.9 Å². The number of amides is 2. The molecule has 36 heavy (non-hydrogen) atoms. The highest BCUT2D eigenvalue weighted by Crippen LogP contribution is 2.56. The van der Waals surface area contributed by atoms with Gasteiger partial charge >= 0.3 is 5.97 Å². The molecule has 0 bridgehead atoms. The average Bonchev–Trinajstić information content (AvgIpc) is 3.07. The minimum Gasteiger partial charge on any atom is -0.508 e. The fourth-order valence-electron chi connectivity index (χ4n) is 5.99. The maximum absolute atomic E-state index is 13.5. The summed E-state index contributed by atoms with van der Waals surface area (Å²) in [5.74, 6) is -5.03. The van der Waals surface area contributed by atoms with Crippen molar-refractivity contribution in [3.8, 4) is 5.75 Å². The number of carbonyl (C=O) groups is 5. The van der Waals surface area contributed by atoms with Crippen molar-refractivity contribution in [3.63, 3.8) is 0 Å². The molecule has 0 saturated carbocycles. The zero-order valence-electron chi connectivity index (χ0n) is 18.9. The van der Waals surface area contributed by atoms with Crippen LogP contribution in [0, 0.1) is 17.8 Å². The van der Waals surface area contributed by atoms with Crippen LogP contribution in [-0.4, -0.2) is 51.0 Å². The summed E-state index contributed by atoms with van der Waals surface area (Å²) < 4.78 is 0.810. The van der Waals surface area contributed by atoms with E-state index in [0.29, 0.717) is 10.0 Å². The van der Waals surface area contributed by atoms with Gasteiger partial charge in [-0.1, -0.05) is 27.6 Å². The fraction of sp³-hybridized carbons (Fsp3) is 0.346. The molecule has 186 valence electrons. The van der Waals surface area contributed by atoms with Gasteiger partial charge in [-0.2, -0.15) is 0 Å². The second-order valence-corrected chi connectivity index (χ2v) is 11.2. The molecule has 0 spiro atoms. The molecule has 2 N–H and O–H groups in total. The van der Waals surface area contributed by atoms with Crippen LogP contribution >= 0.6 is 31.9 Å². The van der Waals surface area contributed by atoms with E-state index in [2.05, 4.69) is 31.9 Å². The van der Waals surface area contributed by atoms with E-state index >= 15 is 0 Å². The quantitative estimate of drug-likeness (QED) is 0.292. The topological polar surface area (TPSA) is 129 Å². The number of imide groups is 1. The van der Waals surface area contributed by atoms with E-state index in [1.807, 2.05) is 6.08 Å². The van der Waals surface area contributed by atoms with Gasteiger partial charge in [0, 0.05) is 46.1 Å². The van der Waals surface area contributed by atoms with E-state index in [1.165, 1.54) is 12.1 Å². The molecule has 3 aliphatic carbocycles. The number of allylic oxidation sites excluding steroid dienone is 6. The number of fused-ring (bicyclic) bond motifs is 3. The molecule has 4 atom stereocenters. The Balaban J connectivity index is 1.60. The first kappa shape index (κ1) is 24.8. The number of phenols is 1. The predicted octanol–water partition coefficient (Wildman–Crippen LogP) is 3.78. The van der Waals surface area contributed by atoms with Gasteiger partial charge in [-0.25, -0.2) is 0 Å². The minimum atomic E-state index is -1.00. The number of benzene rings is 1. The highest BCUT2D eigenvalue weighted by molar-refractivity contribution is 9.12. The summed E-state index contributed by atoms with van der Waals surface area (Å²) in [7, 11) is 0. The van der Waals surface area contributed by atoms with Crippen molar-refractivity contribution in [2.75, 3.05) is 6.54 Å². The van der Waals surface area contributed by atoms with Crippen LogP contribution < -0.4 is 0 Å². The largest absolute Gasteiger partial charge is 0.508 e. The first-order valence-corrected chi connectivity index (χ1v) is 13.1. The first-order chi connectivity index (χ1) is 17.1. The van der Waals surface area contributed by atoms with Crippen LogP contribution in [0.1, 0.15) is 37.2 Å². The third kappa shape index (κ3) is 3.91. The highest BCUT2D eigenvalue weighted by Gasteiger charge is 2.56. The first-order valence-electron chi connectivity index (χ1n) is 11.5. The maximum atomic E-state index is 13.5. The van der Waals surface area contributed by atoms with Crippen LogP contribution in [0.5, 0.6) is 5.75 Å². The summed E-state index contributed by atoms with van der Waals surface area (Å²) in [4.78, 5) is 65.1. The lowest BCUT2D eigenvalue weighted by Crippen LogP contribution is -2.39. The third-order valence-electron chi connectivity index (χ3n) is 7.50.